The molecule has 2 rings (SSSR count). The number of thioether (sulfide) groups is 1. The number of para-hydroxylation sites is 1. The van der Waals surface area contributed by atoms with Crippen LogP contribution in [0.15, 0.2) is 33.9 Å². The number of benzene rings is 1. The van der Waals surface area contributed by atoms with Crippen molar-refractivity contribution in [2.24, 2.45) is 0 Å². The Kier molecular flexibility index (Phi) is 2.86. The first-order valence-corrected chi connectivity index (χ1v) is 5.57. The molecule has 0 aliphatic heterocycles. The predicted molar refractivity (Wildman–Crippen MR) is 58.2 cm³/mol. The largest absolute Gasteiger partial charge is 0.278 e. The van der Waals surface area contributed by atoms with Crippen LogP contribution in [0.1, 0.15) is 0 Å². The molecule has 82 valence electrons. The molecule has 0 N–H and O–H groups in total. The zero-order valence-electron chi connectivity index (χ0n) is 8.28. The van der Waals surface area contributed by atoms with Crippen molar-refractivity contribution in [1.29, 1.82) is 0 Å². The predicted octanol–water partition coefficient (Wildman–Crippen LogP) is 2.37. The van der Waals surface area contributed by atoms with E-state index < -0.39 is 4.92 Å². The van der Waals surface area contributed by atoms with Crippen molar-refractivity contribution in [1.82, 2.24) is 10.3 Å². The lowest BCUT2D eigenvalue weighted by Gasteiger charge is -1.98. The Labute approximate surface area is 94.8 Å². The molecule has 0 spiro atoms. The van der Waals surface area contributed by atoms with Crippen molar-refractivity contribution in [3.05, 3.63) is 34.4 Å². The lowest BCUT2D eigenvalue weighted by atomic mass is 10.1. The lowest BCUT2D eigenvalue weighted by molar-refractivity contribution is -0.384. The molecule has 1 heterocycles. The van der Waals surface area contributed by atoms with Gasteiger partial charge in [-0.2, -0.15) is 0 Å². The number of hydrogen-bond acceptors (Lipinski definition) is 6. The number of aromatic nitrogens is 2. The van der Waals surface area contributed by atoms with E-state index in [-0.39, 0.29) is 5.69 Å². The maximum absolute atomic E-state index is 10.8. The van der Waals surface area contributed by atoms with Crippen LogP contribution in [0, 0.1) is 10.1 Å². The van der Waals surface area contributed by atoms with Gasteiger partial charge in [0.25, 0.3) is 5.69 Å². The van der Waals surface area contributed by atoms with Crippen LogP contribution in [0.3, 0.4) is 0 Å². The molecule has 0 saturated carbocycles. The first kappa shape index (κ1) is 10.6. The van der Waals surface area contributed by atoms with Gasteiger partial charge in [-0.1, -0.05) is 12.1 Å². The Bertz CT molecular complexity index is 526. The minimum Gasteiger partial charge on any atom is -0.258 e. The molecule has 0 aliphatic carbocycles. The Balaban J connectivity index is 2.60. The van der Waals surface area contributed by atoms with Gasteiger partial charge in [0.05, 0.1) is 10.5 Å². The van der Waals surface area contributed by atoms with Crippen molar-refractivity contribution >= 4 is 17.4 Å². The van der Waals surface area contributed by atoms with Crippen LogP contribution >= 0.6 is 11.8 Å². The summed E-state index contributed by atoms with van der Waals surface area (Å²) in [7, 11) is 0. The lowest BCUT2D eigenvalue weighted by Crippen LogP contribution is -1.92. The number of rotatable bonds is 3. The Morgan fingerprint density at radius 1 is 1.38 bits per heavy atom. The minimum atomic E-state index is -0.450. The quantitative estimate of drug-likeness (QED) is 0.463. The standard InChI is InChI=1S/C9H7N3O3S/c1-16-9-8(10-15-11-9)6-4-2-3-5-7(6)12(13)14/h2-5H,1H3. The van der Waals surface area contributed by atoms with Crippen LogP contribution in [-0.2, 0) is 0 Å². The maximum atomic E-state index is 10.8. The third-order valence-electron chi connectivity index (χ3n) is 2.01. The summed E-state index contributed by atoms with van der Waals surface area (Å²) in [6.45, 7) is 0. The van der Waals surface area contributed by atoms with Gasteiger partial charge in [-0.05, 0) is 22.6 Å². The molecule has 7 heteroatoms. The smallest absolute Gasteiger partial charge is 0.258 e. The first-order valence-electron chi connectivity index (χ1n) is 4.34. The van der Waals surface area contributed by atoms with Crippen molar-refractivity contribution in [3.63, 3.8) is 0 Å². The molecule has 0 amide bonds. The van der Waals surface area contributed by atoms with Gasteiger partial charge in [-0.25, -0.2) is 4.63 Å². The van der Waals surface area contributed by atoms with Crippen molar-refractivity contribution in [3.8, 4) is 11.3 Å². The highest BCUT2D eigenvalue weighted by molar-refractivity contribution is 7.98. The van der Waals surface area contributed by atoms with Gasteiger partial charge in [-0.3, -0.25) is 10.1 Å². The van der Waals surface area contributed by atoms with Crippen LogP contribution in [0.5, 0.6) is 0 Å². The van der Waals surface area contributed by atoms with Gasteiger partial charge >= 0.3 is 0 Å². The molecule has 1 aromatic carbocycles. The third kappa shape index (κ3) is 1.76. The molecule has 0 radical (unpaired) electrons. The second-order valence-electron chi connectivity index (χ2n) is 2.90. The molecule has 6 nitrogen and oxygen atoms in total. The maximum Gasteiger partial charge on any atom is 0.278 e. The van der Waals surface area contributed by atoms with E-state index in [1.165, 1.54) is 17.8 Å². The van der Waals surface area contributed by atoms with E-state index in [0.717, 1.165) is 0 Å². The Morgan fingerprint density at radius 2 is 2.12 bits per heavy atom. The molecule has 16 heavy (non-hydrogen) atoms. The fourth-order valence-corrected chi connectivity index (χ4v) is 1.76. The van der Waals surface area contributed by atoms with Crippen LogP contribution in [0.25, 0.3) is 11.3 Å². The normalized spacial score (nSPS) is 10.3. The van der Waals surface area contributed by atoms with Crippen molar-refractivity contribution in [2.45, 2.75) is 5.03 Å². The summed E-state index contributed by atoms with van der Waals surface area (Å²) < 4.78 is 4.58. The van der Waals surface area contributed by atoms with Gasteiger partial charge in [-0.15, -0.1) is 11.8 Å². The van der Waals surface area contributed by atoms with Gasteiger partial charge < -0.3 is 0 Å². The van der Waals surface area contributed by atoms with E-state index >= 15 is 0 Å². The Morgan fingerprint density at radius 3 is 2.81 bits per heavy atom. The molecule has 0 unspecified atom stereocenters. The molecule has 0 saturated heterocycles. The monoisotopic (exact) mass is 237 g/mol. The van der Waals surface area contributed by atoms with E-state index in [1.807, 2.05) is 0 Å². The molecule has 1 aromatic heterocycles. The molecule has 0 atom stereocenters. The summed E-state index contributed by atoms with van der Waals surface area (Å²) in [6, 6.07) is 6.36. The van der Waals surface area contributed by atoms with Crippen LogP contribution in [0.4, 0.5) is 5.69 Å². The SMILES string of the molecule is CSc1nonc1-c1ccccc1[N+](=O)[O-]. The zero-order valence-corrected chi connectivity index (χ0v) is 9.10. The summed E-state index contributed by atoms with van der Waals surface area (Å²) >= 11 is 1.33. The number of nitro benzene ring substituents is 1. The molecular formula is C9H7N3O3S. The van der Waals surface area contributed by atoms with Gasteiger partial charge in [0, 0.05) is 6.07 Å². The van der Waals surface area contributed by atoms with Crippen LogP contribution in [0.2, 0.25) is 0 Å². The minimum absolute atomic E-state index is 0.00602. The van der Waals surface area contributed by atoms with E-state index in [9.17, 15) is 10.1 Å². The number of hydrogen-bond donors (Lipinski definition) is 0. The van der Waals surface area contributed by atoms with Crippen molar-refractivity contribution in [2.75, 3.05) is 6.26 Å². The zero-order chi connectivity index (χ0) is 11.5. The summed E-state index contributed by atoms with van der Waals surface area (Å²) in [6.07, 6.45) is 1.80. The number of nitro groups is 1. The third-order valence-corrected chi connectivity index (χ3v) is 2.66. The Hall–Kier alpha value is -1.89. The molecular weight excluding hydrogens is 230 g/mol. The van der Waals surface area contributed by atoms with E-state index in [2.05, 4.69) is 14.9 Å². The fourth-order valence-electron chi connectivity index (χ4n) is 1.31. The highest BCUT2D eigenvalue weighted by Gasteiger charge is 2.20. The van der Waals surface area contributed by atoms with Gasteiger partial charge in [0.2, 0.25) is 0 Å². The summed E-state index contributed by atoms with van der Waals surface area (Å²) in [5.74, 6) is 0. The van der Waals surface area contributed by atoms with Gasteiger partial charge in [0.15, 0.2) is 10.7 Å². The summed E-state index contributed by atoms with van der Waals surface area (Å²) in [5.41, 5.74) is 0.811. The van der Waals surface area contributed by atoms with Crippen molar-refractivity contribution < 1.29 is 9.55 Å². The topological polar surface area (TPSA) is 82.1 Å². The second kappa shape index (κ2) is 4.31. The summed E-state index contributed by atoms with van der Waals surface area (Å²) in [5, 5.41) is 18.7. The van der Waals surface area contributed by atoms with Gasteiger partial charge in [0.1, 0.15) is 0 Å². The van der Waals surface area contributed by atoms with E-state index in [4.69, 9.17) is 0 Å². The number of nitrogens with zero attached hydrogens (tertiary/aromatic N) is 3. The summed E-state index contributed by atoms with van der Waals surface area (Å²) in [4.78, 5) is 10.4. The highest BCUT2D eigenvalue weighted by Crippen LogP contribution is 2.33. The molecule has 0 bridgehead atoms. The average Bonchev–Trinajstić information content (AvgIpc) is 2.76. The van der Waals surface area contributed by atoms with E-state index in [1.54, 1.807) is 24.5 Å². The van der Waals surface area contributed by atoms with E-state index in [0.29, 0.717) is 16.3 Å². The molecule has 0 aliphatic rings. The molecule has 0 fully saturated rings. The highest BCUT2D eigenvalue weighted by atomic mass is 32.2. The van der Waals surface area contributed by atoms with Crippen LogP contribution in [-0.4, -0.2) is 21.5 Å². The fraction of sp³-hybridized carbons (Fsp3) is 0.111. The average molecular weight is 237 g/mol. The molecule has 2 aromatic rings. The second-order valence-corrected chi connectivity index (χ2v) is 3.69. The van der Waals surface area contributed by atoms with Crippen LogP contribution < -0.4 is 0 Å². The first-order chi connectivity index (χ1) is 7.74.